The number of nitrogens with zero attached hydrogens (tertiary/aromatic N) is 1. The third-order valence-electron chi connectivity index (χ3n) is 1.19. The Morgan fingerprint density at radius 1 is 1.54 bits per heavy atom. The lowest BCUT2D eigenvalue weighted by molar-refractivity contribution is 0.0977. The number of aliphatic imine (C=N–C) groups is 1. The Morgan fingerprint density at radius 3 is 2.77 bits per heavy atom. The summed E-state index contributed by atoms with van der Waals surface area (Å²) in [5.74, 6) is 0.433. The molecule has 0 unspecified atom stereocenters. The van der Waals surface area contributed by atoms with Gasteiger partial charge in [0.15, 0.2) is 5.96 Å². The maximum absolute atomic E-state index is 8.40. The van der Waals surface area contributed by atoms with Crippen LogP contribution in [0.5, 0.6) is 0 Å². The normalized spacial score (nSPS) is 12.2. The predicted molar refractivity (Wildman–Crippen MR) is 52.7 cm³/mol. The second kappa shape index (κ2) is 7.82. The van der Waals surface area contributed by atoms with Crippen molar-refractivity contribution in [3.05, 3.63) is 0 Å². The van der Waals surface area contributed by atoms with Crippen LogP contribution >= 0.6 is 0 Å². The fraction of sp³-hybridized carbons (Fsp3) is 0.875. The molecule has 0 saturated carbocycles. The van der Waals surface area contributed by atoms with Gasteiger partial charge in [0.2, 0.25) is 0 Å². The Bertz CT molecular complexity index is 148. The third-order valence-corrected chi connectivity index (χ3v) is 1.19. The van der Waals surface area contributed by atoms with Crippen molar-refractivity contribution in [3.63, 3.8) is 0 Å². The molecule has 0 radical (unpaired) electrons. The average molecular weight is 189 g/mol. The van der Waals surface area contributed by atoms with E-state index in [0.29, 0.717) is 31.8 Å². The maximum atomic E-state index is 8.40. The highest BCUT2D eigenvalue weighted by molar-refractivity contribution is 5.77. The summed E-state index contributed by atoms with van der Waals surface area (Å²) in [7, 11) is 0. The molecular weight excluding hydrogens is 170 g/mol. The first kappa shape index (κ1) is 12.2. The van der Waals surface area contributed by atoms with E-state index in [-0.39, 0.29) is 6.61 Å². The molecule has 0 atom stereocenters. The van der Waals surface area contributed by atoms with E-state index in [1.54, 1.807) is 0 Å². The van der Waals surface area contributed by atoms with Crippen LogP contribution in [0.25, 0.3) is 0 Å². The molecule has 0 heterocycles. The summed E-state index contributed by atoms with van der Waals surface area (Å²) in [6.07, 6.45) is 0. The van der Waals surface area contributed by atoms with Gasteiger partial charge < -0.3 is 20.9 Å². The van der Waals surface area contributed by atoms with Gasteiger partial charge >= 0.3 is 0 Å². The highest BCUT2D eigenvalue weighted by atomic mass is 16.5. The molecule has 0 amide bonds. The number of nitrogens with one attached hydrogen (secondary N) is 1. The van der Waals surface area contributed by atoms with E-state index in [0.717, 1.165) is 0 Å². The summed E-state index contributed by atoms with van der Waals surface area (Å²) < 4.78 is 5.00. The van der Waals surface area contributed by atoms with E-state index < -0.39 is 0 Å². The number of aliphatic hydroxyl groups excluding tert-OH is 1. The van der Waals surface area contributed by atoms with Gasteiger partial charge in [-0.2, -0.15) is 0 Å². The van der Waals surface area contributed by atoms with E-state index in [4.69, 9.17) is 15.6 Å². The molecule has 0 aliphatic carbocycles. The first-order valence-electron chi connectivity index (χ1n) is 4.42. The Morgan fingerprint density at radius 2 is 2.23 bits per heavy atom. The Hall–Kier alpha value is -0.810. The van der Waals surface area contributed by atoms with Gasteiger partial charge in [0.1, 0.15) is 0 Å². The van der Waals surface area contributed by atoms with Gasteiger partial charge in [-0.25, -0.2) is 0 Å². The molecule has 5 nitrogen and oxygen atoms in total. The molecule has 5 heteroatoms. The van der Waals surface area contributed by atoms with E-state index in [9.17, 15) is 0 Å². The molecule has 13 heavy (non-hydrogen) atoms. The second-order valence-corrected chi connectivity index (χ2v) is 2.90. The zero-order chi connectivity index (χ0) is 10.1. The lowest BCUT2D eigenvalue weighted by Gasteiger charge is -2.08. The molecule has 0 aliphatic rings. The molecule has 78 valence electrons. The molecule has 0 aromatic rings. The van der Waals surface area contributed by atoms with Crippen LogP contribution < -0.4 is 11.1 Å². The predicted octanol–water partition coefficient (Wildman–Crippen LogP) is -0.692. The van der Waals surface area contributed by atoms with Crippen molar-refractivity contribution in [2.45, 2.75) is 19.9 Å². The Labute approximate surface area is 79.0 Å². The molecule has 0 fully saturated rings. The van der Waals surface area contributed by atoms with Gasteiger partial charge in [-0.1, -0.05) is 0 Å². The number of guanidine groups is 1. The lowest BCUT2D eigenvalue weighted by atomic mass is 10.4. The van der Waals surface area contributed by atoms with Gasteiger partial charge in [0.25, 0.3) is 0 Å². The zero-order valence-corrected chi connectivity index (χ0v) is 8.29. The Kier molecular flexibility index (Phi) is 7.33. The van der Waals surface area contributed by atoms with Crippen LogP contribution in [-0.4, -0.2) is 43.5 Å². The molecule has 0 bridgehead atoms. The summed E-state index contributed by atoms with van der Waals surface area (Å²) in [6, 6.07) is 0.294. The number of aliphatic hydroxyl groups is 1. The van der Waals surface area contributed by atoms with Crippen LogP contribution in [0.2, 0.25) is 0 Å². The van der Waals surface area contributed by atoms with E-state index in [2.05, 4.69) is 10.3 Å². The number of hydrogen-bond donors (Lipinski definition) is 3. The van der Waals surface area contributed by atoms with Gasteiger partial charge in [0.05, 0.1) is 26.4 Å². The first-order chi connectivity index (χ1) is 6.16. The van der Waals surface area contributed by atoms with Gasteiger partial charge in [-0.05, 0) is 13.8 Å². The summed E-state index contributed by atoms with van der Waals surface area (Å²) in [5.41, 5.74) is 5.52. The molecule has 0 saturated heterocycles. The van der Waals surface area contributed by atoms with Gasteiger partial charge in [-0.3, -0.25) is 4.99 Å². The summed E-state index contributed by atoms with van der Waals surface area (Å²) in [6.45, 7) is 5.39. The average Bonchev–Trinajstić information content (AvgIpc) is 2.02. The minimum atomic E-state index is 0.0451. The first-order valence-corrected chi connectivity index (χ1v) is 4.42. The van der Waals surface area contributed by atoms with Crippen LogP contribution in [0, 0.1) is 0 Å². The van der Waals surface area contributed by atoms with E-state index in [1.807, 2.05) is 13.8 Å². The van der Waals surface area contributed by atoms with Crippen molar-refractivity contribution < 1.29 is 9.84 Å². The van der Waals surface area contributed by atoms with Gasteiger partial charge in [-0.15, -0.1) is 0 Å². The van der Waals surface area contributed by atoms with Crippen LogP contribution in [0.15, 0.2) is 4.99 Å². The fourth-order valence-electron chi connectivity index (χ4n) is 0.739. The van der Waals surface area contributed by atoms with Gasteiger partial charge in [0, 0.05) is 6.04 Å². The molecule has 0 spiro atoms. The number of nitrogens with two attached hydrogens (primary N) is 1. The van der Waals surface area contributed by atoms with Crippen molar-refractivity contribution in [1.82, 2.24) is 5.32 Å². The largest absolute Gasteiger partial charge is 0.394 e. The van der Waals surface area contributed by atoms with Crippen LogP contribution in [0.3, 0.4) is 0 Å². The maximum Gasteiger partial charge on any atom is 0.188 e. The fourth-order valence-corrected chi connectivity index (χ4v) is 0.739. The topological polar surface area (TPSA) is 79.9 Å². The monoisotopic (exact) mass is 189 g/mol. The zero-order valence-electron chi connectivity index (χ0n) is 8.29. The smallest absolute Gasteiger partial charge is 0.188 e. The van der Waals surface area contributed by atoms with Crippen molar-refractivity contribution in [2.24, 2.45) is 10.7 Å². The number of hydrogen-bond acceptors (Lipinski definition) is 3. The molecule has 4 N–H and O–H groups in total. The standard InChI is InChI=1S/C8H19N3O2/c1-7(2)11-8(9)10-3-5-13-6-4-12/h7,12H,3-6H2,1-2H3,(H3,9,10,11). The Balaban J connectivity index is 3.36. The van der Waals surface area contributed by atoms with Crippen LogP contribution in [0.1, 0.15) is 13.8 Å². The molecule has 0 rings (SSSR count). The number of ether oxygens (including phenoxy) is 1. The van der Waals surface area contributed by atoms with Crippen molar-refractivity contribution >= 4 is 5.96 Å². The summed E-state index contributed by atoms with van der Waals surface area (Å²) in [4.78, 5) is 4.01. The van der Waals surface area contributed by atoms with Crippen molar-refractivity contribution in [3.8, 4) is 0 Å². The quantitative estimate of drug-likeness (QED) is 0.293. The minimum Gasteiger partial charge on any atom is -0.394 e. The van der Waals surface area contributed by atoms with Crippen LogP contribution in [0.4, 0.5) is 0 Å². The number of rotatable bonds is 6. The summed E-state index contributed by atoms with van der Waals surface area (Å²) in [5, 5.41) is 11.4. The van der Waals surface area contributed by atoms with Crippen molar-refractivity contribution in [1.29, 1.82) is 0 Å². The highest BCUT2D eigenvalue weighted by Crippen LogP contribution is 1.78. The molecule has 0 aliphatic heterocycles. The van der Waals surface area contributed by atoms with E-state index >= 15 is 0 Å². The van der Waals surface area contributed by atoms with E-state index in [1.165, 1.54) is 0 Å². The SMILES string of the molecule is CC(C)NC(N)=NCCOCCO. The molecular formula is C8H19N3O2. The summed E-state index contributed by atoms with van der Waals surface area (Å²) >= 11 is 0. The van der Waals surface area contributed by atoms with Crippen molar-refractivity contribution in [2.75, 3.05) is 26.4 Å². The van der Waals surface area contributed by atoms with Crippen LogP contribution in [-0.2, 0) is 4.74 Å². The second-order valence-electron chi connectivity index (χ2n) is 2.90. The highest BCUT2D eigenvalue weighted by Gasteiger charge is 1.93. The third kappa shape index (κ3) is 9.10. The molecule has 0 aromatic heterocycles. The molecule has 0 aromatic carbocycles. The lowest BCUT2D eigenvalue weighted by Crippen LogP contribution is -2.37. The minimum absolute atomic E-state index is 0.0451.